The third kappa shape index (κ3) is 8.07. The van der Waals surface area contributed by atoms with E-state index in [-0.39, 0.29) is 11.6 Å². The van der Waals surface area contributed by atoms with E-state index < -0.39 is 0 Å². The van der Waals surface area contributed by atoms with Crippen LogP contribution in [0.1, 0.15) is 40.3 Å². The molecule has 2 nitrogen and oxygen atoms in total. The number of nitrogens with zero attached hydrogens (tertiary/aromatic N) is 1. The van der Waals surface area contributed by atoms with Gasteiger partial charge in [-0.1, -0.05) is 55.5 Å². The third-order valence-electron chi connectivity index (χ3n) is 5.85. The maximum Gasteiger partial charge on any atom is 0.123 e. The molecule has 0 aliphatic rings. The molecule has 0 aliphatic carbocycles. The van der Waals surface area contributed by atoms with Gasteiger partial charge in [0.05, 0.1) is 5.69 Å². The van der Waals surface area contributed by atoms with Crippen LogP contribution in [0.15, 0.2) is 89.9 Å². The van der Waals surface area contributed by atoms with E-state index in [9.17, 15) is 8.78 Å². The van der Waals surface area contributed by atoms with Crippen LogP contribution in [0.5, 0.6) is 0 Å². The van der Waals surface area contributed by atoms with Crippen molar-refractivity contribution in [2.45, 2.75) is 34.6 Å². The van der Waals surface area contributed by atoms with Crippen molar-refractivity contribution in [1.82, 2.24) is 0 Å². The smallest absolute Gasteiger partial charge is 0.123 e. The van der Waals surface area contributed by atoms with Crippen molar-refractivity contribution in [2.24, 2.45) is 4.99 Å². The molecule has 0 spiro atoms. The maximum absolute atomic E-state index is 13.0. The van der Waals surface area contributed by atoms with Crippen LogP contribution in [0.25, 0.3) is 0 Å². The number of thiocarbonyl (C=S) groups is 1. The molecule has 0 bridgehead atoms. The van der Waals surface area contributed by atoms with Crippen molar-refractivity contribution in [3.8, 4) is 0 Å². The summed E-state index contributed by atoms with van der Waals surface area (Å²) in [6.45, 7) is 10.3. The number of aryl methyl sites for hydroxylation is 4. The highest BCUT2D eigenvalue weighted by atomic mass is 32.2. The molecule has 196 valence electrons. The minimum atomic E-state index is -0.256. The highest BCUT2D eigenvalue weighted by Gasteiger charge is 2.08. The van der Waals surface area contributed by atoms with Crippen LogP contribution in [-0.2, 0) is 0 Å². The fourth-order valence-corrected chi connectivity index (χ4v) is 4.76. The molecule has 1 N–H and O–H groups in total. The summed E-state index contributed by atoms with van der Waals surface area (Å²) in [5, 5.41) is 4.16. The minimum Gasteiger partial charge on any atom is -0.346 e. The van der Waals surface area contributed by atoms with Crippen molar-refractivity contribution in [2.75, 3.05) is 11.1 Å². The Morgan fingerprint density at radius 3 is 1.63 bits per heavy atom. The molecular formula is C32H32F2N2S2. The van der Waals surface area contributed by atoms with Gasteiger partial charge >= 0.3 is 0 Å². The summed E-state index contributed by atoms with van der Waals surface area (Å²) < 4.78 is 25.9. The molecule has 0 saturated carbocycles. The van der Waals surface area contributed by atoms with Gasteiger partial charge in [-0.05, 0) is 104 Å². The lowest BCUT2D eigenvalue weighted by Gasteiger charge is -2.13. The van der Waals surface area contributed by atoms with Gasteiger partial charge in [0.25, 0.3) is 0 Å². The van der Waals surface area contributed by atoms with Crippen LogP contribution in [0.2, 0.25) is 0 Å². The Hall–Kier alpha value is -3.35. The molecule has 0 amide bonds. The topological polar surface area (TPSA) is 24.4 Å². The first-order chi connectivity index (χ1) is 18.2. The summed E-state index contributed by atoms with van der Waals surface area (Å²) in [6, 6.07) is 24.9. The Labute approximate surface area is 234 Å². The summed E-state index contributed by atoms with van der Waals surface area (Å²) in [4.78, 5) is 5.41. The molecule has 0 unspecified atom stereocenters. The van der Waals surface area contributed by atoms with Gasteiger partial charge in [0, 0.05) is 16.8 Å². The van der Waals surface area contributed by atoms with E-state index in [1.165, 1.54) is 24.3 Å². The van der Waals surface area contributed by atoms with Gasteiger partial charge in [-0.25, -0.2) is 13.8 Å². The van der Waals surface area contributed by atoms with Gasteiger partial charge in [-0.2, -0.15) is 0 Å². The fourth-order valence-electron chi connectivity index (χ4n) is 3.79. The molecule has 6 heteroatoms. The highest BCUT2D eigenvalue weighted by molar-refractivity contribution is 8.14. The highest BCUT2D eigenvalue weighted by Crippen LogP contribution is 2.27. The predicted molar refractivity (Wildman–Crippen MR) is 164 cm³/mol. The van der Waals surface area contributed by atoms with Crippen LogP contribution >= 0.6 is 24.0 Å². The molecule has 0 heterocycles. The molecule has 0 radical (unpaired) electrons. The number of benzene rings is 4. The summed E-state index contributed by atoms with van der Waals surface area (Å²) in [7, 11) is 0. The lowest BCUT2D eigenvalue weighted by molar-refractivity contribution is 0.627. The molecule has 0 atom stereocenters. The van der Waals surface area contributed by atoms with Crippen LogP contribution in [-0.4, -0.2) is 15.8 Å². The van der Waals surface area contributed by atoms with E-state index >= 15 is 0 Å². The van der Waals surface area contributed by atoms with E-state index in [1.807, 2.05) is 38.1 Å². The quantitative estimate of drug-likeness (QED) is 0.153. The van der Waals surface area contributed by atoms with Crippen molar-refractivity contribution in [3.63, 3.8) is 0 Å². The van der Waals surface area contributed by atoms with Crippen LogP contribution < -0.4 is 5.32 Å². The molecule has 4 aromatic carbocycles. The largest absolute Gasteiger partial charge is 0.346 e. The number of aliphatic imine (C=N–C) groups is 1. The van der Waals surface area contributed by atoms with Gasteiger partial charge in [0.2, 0.25) is 0 Å². The molecular weight excluding hydrogens is 514 g/mol. The predicted octanol–water partition coefficient (Wildman–Crippen LogP) is 9.50. The SMILES string of the molecule is CCSC(=Nc1c(C)cccc1C)c1ccc(F)cc1.Cc1cccc(C)c1NC(=S)c1ccc(F)cc1. The van der Waals surface area contributed by atoms with E-state index in [2.05, 4.69) is 38.2 Å². The van der Waals surface area contributed by atoms with Crippen molar-refractivity contribution < 1.29 is 8.78 Å². The molecule has 0 aliphatic heterocycles. The summed E-state index contributed by atoms with van der Waals surface area (Å²) in [5.41, 5.74) is 8.39. The summed E-state index contributed by atoms with van der Waals surface area (Å²) in [5.74, 6) is 0.455. The Morgan fingerprint density at radius 1 is 0.711 bits per heavy atom. The Bertz CT molecular complexity index is 1370. The number of anilines is 1. The molecule has 4 aromatic rings. The number of hydrogen-bond acceptors (Lipinski definition) is 3. The van der Waals surface area contributed by atoms with Gasteiger partial charge in [-0.15, -0.1) is 11.8 Å². The Morgan fingerprint density at radius 2 is 1.16 bits per heavy atom. The third-order valence-corrected chi connectivity index (χ3v) is 7.08. The standard InChI is InChI=1S/C17H18FNS.C15H14FNS/c1-4-20-17(14-8-10-15(18)11-9-14)19-16-12(2)6-5-7-13(16)3;1-10-4-3-5-11(2)14(10)17-15(18)12-6-8-13(16)9-7-12/h5-11H,4H2,1-3H3;3-9H,1-2H3,(H,17,18). The van der Waals surface area contributed by atoms with Gasteiger partial charge in [0.15, 0.2) is 0 Å². The lowest BCUT2D eigenvalue weighted by atomic mass is 10.1. The first-order valence-corrected chi connectivity index (χ1v) is 13.8. The van der Waals surface area contributed by atoms with Gasteiger partial charge in [0.1, 0.15) is 21.7 Å². The summed E-state index contributed by atoms with van der Waals surface area (Å²) >= 11 is 7.01. The van der Waals surface area contributed by atoms with Crippen LogP contribution in [0.4, 0.5) is 20.2 Å². The molecule has 0 saturated heterocycles. The van der Waals surface area contributed by atoms with E-state index in [0.29, 0.717) is 4.99 Å². The first kappa shape index (κ1) is 29.2. The normalized spacial score (nSPS) is 11.0. The zero-order chi connectivity index (χ0) is 27.7. The van der Waals surface area contributed by atoms with E-state index in [1.54, 1.807) is 36.0 Å². The number of halogens is 2. The molecule has 4 rings (SSSR count). The zero-order valence-electron chi connectivity index (χ0n) is 22.3. The summed E-state index contributed by atoms with van der Waals surface area (Å²) in [6.07, 6.45) is 0. The number of thioether (sulfide) groups is 1. The Kier molecular flexibility index (Phi) is 10.7. The molecule has 38 heavy (non-hydrogen) atoms. The number of hydrogen-bond donors (Lipinski definition) is 1. The van der Waals surface area contributed by atoms with Crippen LogP contribution in [0, 0.1) is 39.3 Å². The second kappa shape index (κ2) is 14.0. The van der Waals surface area contributed by atoms with E-state index in [0.717, 1.165) is 55.6 Å². The average Bonchev–Trinajstić information content (AvgIpc) is 2.89. The maximum atomic E-state index is 13.0. The van der Waals surface area contributed by atoms with Gasteiger partial charge in [-0.3, -0.25) is 0 Å². The molecule has 0 aromatic heterocycles. The van der Waals surface area contributed by atoms with Crippen molar-refractivity contribution in [3.05, 3.63) is 130 Å². The minimum absolute atomic E-state index is 0.221. The second-order valence-electron chi connectivity index (χ2n) is 8.83. The number of rotatable bonds is 5. The molecule has 0 fully saturated rings. The number of para-hydroxylation sites is 2. The Balaban J connectivity index is 0.000000212. The lowest BCUT2D eigenvalue weighted by Crippen LogP contribution is -2.12. The van der Waals surface area contributed by atoms with Crippen molar-refractivity contribution >= 4 is 45.4 Å². The average molecular weight is 547 g/mol. The first-order valence-electron chi connectivity index (χ1n) is 12.4. The fraction of sp³-hybridized carbons (Fsp3) is 0.188. The number of nitrogens with one attached hydrogen (secondary N) is 1. The second-order valence-corrected chi connectivity index (χ2v) is 10.5. The van der Waals surface area contributed by atoms with Crippen LogP contribution in [0.3, 0.4) is 0 Å². The van der Waals surface area contributed by atoms with E-state index in [4.69, 9.17) is 17.2 Å². The zero-order valence-corrected chi connectivity index (χ0v) is 23.9. The van der Waals surface area contributed by atoms with Gasteiger partial charge < -0.3 is 5.32 Å². The monoisotopic (exact) mass is 546 g/mol. The van der Waals surface area contributed by atoms with Crippen molar-refractivity contribution in [1.29, 1.82) is 0 Å².